The lowest BCUT2D eigenvalue weighted by Crippen LogP contribution is -1.89. The molecule has 2 heterocycles. The van der Waals surface area contributed by atoms with Crippen molar-refractivity contribution in [1.29, 1.82) is 0 Å². The van der Waals surface area contributed by atoms with E-state index in [0.29, 0.717) is 0 Å². The van der Waals surface area contributed by atoms with Crippen molar-refractivity contribution in [3.8, 4) is 22.4 Å². The molecule has 3 nitrogen and oxygen atoms in total. The number of hydrogen-bond acceptors (Lipinski definition) is 3. The van der Waals surface area contributed by atoms with Crippen LogP contribution in [0.5, 0.6) is 0 Å². The fraction of sp³-hybridized carbons (Fsp3) is 0. The Morgan fingerprint density at radius 2 is 1.55 bits per heavy atom. The third-order valence-corrected chi connectivity index (χ3v) is 3.68. The van der Waals surface area contributed by atoms with E-state index in [1.165, 1.54) is 0 Å². The Kier molecular flexibility index (Phi) is 3.09. The molecule has 0 N–H and O–H groups in total. The molecule has 2 aromatic carbocycles. The van der Waals surface area contributed by atoms with Crippen LogP contribution in [0.4, 0.5) is 0 Å². The smallest absolute Gasteiger partial charge is 0.116 e. The van der Waals surface area contributed by atoms with Crippen LogP contribution < -0.4 is 0 Å². The molecule has 0 radical (unpaired) electrons. The number of nitrogens with zero attached hydrogens (tertiary/aromatic N) is 3. The van der Waals surface area contributed by atoms with E-state index in [-0.39, 0.29) is 0 Å². The average Bonchev–Trinajstić information content (AvgIpc) is 2.62. The number of hydrogen-bond donors (Lipinski definition) is 0. The fourth-order valence-corrected chi connectivity index (χ4v) is 2.60. The van der Waals surface area contributed by atoms with Crippen molar-refractivity contribution in [3.05, 3.63) is 79.4 Å². The van der Waals surface area contributed by atoms with Gasteiger partial charge < -0.3 is 0 Å². The molecule has 0 unspecified atom stereocenters. The Hall–Kier alpha value is -3.07. The third kappa shape index (κ3) is 2.23. The normalized spacial score (nSPS) is 10.7. The highest BCUT2D eigenvalue weighted by Crippen LogP contribution is 2.28. The summed E-state index contributed by atoms with van der Waals surface area (Å²) in [4.78, 5) is 13.1. The molecule has 22 heavy (non-hydrogen) atoms. The first kappa shape index (κ1) is 12.7. The largest absolute Gasteiger partial charge is 0.264 e. The van der Waals surface area contributed by atoms with Gasteiger partial charge in [0.2, 0.25) is 0 Å². The molecular weight excluding hydrogens is 270 g/mol. The second-order valence-electron chi connectivity index (χ2n) is 5.06. The van der Waals surface area contributed by atoms with E-state index in [0.717, 1.165) is 33.3 Å². The topological polar surface area (TPSA) is 38.7 Å². The van der Waals surface area contributed by atoms with E-state index >= 15 is 0 Å². The Bertz CT molecular complexity index is 919. The highest BCUT2D eigenvalue weighted by molar-refractivity contribution is 5.94. The monoisotopic (exact) mass is 283 g/mol. The molecule has 0 saturated carbocycles. The zero-order valence-electron chi connectivity index (χ0n) is 11.8. The van der Waals surface area contributed by atoms with Crippen LogP contribution in [0.15, 0.2) is 79.4 Å². The minimum Gasteiger partial charge on any atom is -0.264 e. The highest BCUT2D eigenvalue weighted by Gasteiger charge is 2.07. The number of benzene rings is 2. The third-order valence-electron chi connectivity index (χ3n) is 3.68. The first-order chi connectivity index (χ1) is 10.9. The summed E-state index contributed by atoms with van der Waals surface area (Å²) in [5, 5.41) is 1.06. The van der Waals surface area contributed by atoms with E-state index in [4.69, 9.17) is 0 Å². The van der Waals surface area contributed by atoms with Crippen molar-refractivity contribution in [1.82, 2.24) is 15.0 Å². The maximum absolute atomic E-state index is 4.46. The number of rotatable bonds is 2. The summed E-state index contributed by atoms with van der Waals surface area (Å²) in [5.41, 5.74) is 5.20. The summed E-state index contributed by atoms with van der Waals surface area (Å²) >= 11 is 0. The van der Waals surface area contributed by atoms with E-state index in [1.807, 2.05) is 36.5 Å². The van der Waals surface area contributed by atoms with Gasteiger partial charge in [0.05, 0.1) is 11.2 Å². The van der Waals surface area contributed by atoms with Gasteiger partial charge in [-0.2, -0.15) is 0 Å². The minimum atomic E-state index is 0.940. The molecular formula is C19H13N3. The maximum Gasteiger partial charge on any atom is 0.116 e. The van der Waals surface area contributed by atoms with Gasteiger partial charge in [0.1, 0.15) is 6.33 Å². The van der Waals surface area contributed by atoms with E-state index in [2.05, 4.69) is 45.3 Å². The van der Waals surface area contributed by atoms with Gasteiger partial charge in [0, 0.05) is 28.9 Å². The van der Waals surface area contributed by atoms with Gasteiger partial charge in [-0.25, -0.2) is 9.97 Å². The van der Waals surface area contributed by atoms with Crippen molar-refractivity contribution in [2.24, 2.45) is 0 Å². The summed E-state index contributed by atoms with van der Waals surface area (Å²) < 4.78 is 0. The Morgan fingerprint density at radius 1 is 0.682 bits per heavy atom. The SMILES string of the molecule is c1ccc(-c2ncnc3cc(-c4cccnc4)ccc23)cc1. The molecule has 0 amide bonds. The van der Waals surface area contributed by atoms with Crippen LogP contribution in [-0.2, 0) is 0 Å². The molecule has 0 fully saturated rings. The minimum absolute atomic E-state index is 0.940. The molecule has 0 aliphatic heterocycles. The van der Waals surface area contributed by atoms with Crippen molar-refractivity contribution < 1.29 is 0 Å². The molecule has 0 spiro atoms. The zero-order chi connectivity index (χ0) is 14.8. The van der Waals surface area contributed by atoms with Crippen LogP contribution in [0.1, 0.15) is 0 Å². The standard InChI is InChI=1S/C19H13N3/c1-2-5-14(6-3-1)19-17-9-8-15(11-18(17)21-13-22-19)16-7-4-10-20-12-16/h1-13H. The van der Waals surface area contributed by atoms with E-state index in [1.54, 1.807) is 12.5 Å². The molecule has 4 aromatic rings. The lowest BCUT2D eigenvalue weighted by Gasteiger charge is -2.07. The molecule has 4 rings (SSSR count). The predicted molar refractivity (Wildman–Crippen MR) is 88.2 cm³/mol. The van der Waals surface area contributed by atoms with Crippen LogP contribution in [0.25, 0.3) is 33.3 Å². The Morgan fingerprint density at radius 3 is 2.36 bits per heavy atom. The molecule has 0 aliphatic rings. The van der Waals surface area contributed by atoms with Crippen LogP contribution in [0, 0.1) is 0 Å². The zero-order valence-corrected chi connectivity index (χ0v) is 11.8. The van der Waals surface area contributed by atoms with Gasteiger partial charge in [-0.15, -0.1) is 0 Å². The van der Waals surface area contributed by atoms with Gasteiger partial charge in [-0.1, -0.05) is 42.5 Å². The van der Waals surface area contributed by atoms with Gasteiger partial charge in [-0.05, 0) is 23.8 Å². The van der Waals surface area contributed by atoms with Gasteiger partial charge in [-0.3, -0.25) is 4.98 Å². The number of fused-ring (bicyclic) bond motifs is 1. The van der Waals surface area contributed by atoms with Crippen molar-refractivity contribution in [3.63, 3.8) is 0 Å². The van der Waals surface area contributed by atoms with Crippen molar-refractivity contribution in [2.75, 3.05) is 0 Å². The highest BCUT2D eigenvalue weighted by atomic mass is 14.8. The van der Waals surface area contributed by atoms with E-state index < -0.39 is 0 Å². The molecule has 104 valence electrons. The first-order valence-electron chi connectivity index (χ1n) is 7.12. The summed E-state index contributed by atoms with van der Waals surface area (Å²) in [7, 11) is 0. The van der Waals surface area contributed by atoms with Crippen LogP contribution in [-0.4, -0.2) is 15.0 Å². The van der Waals surface area contributed by atoms with Crippen molar-refractivity contribution >= 4 is 10.9 Å². The summed E-state index contributed by atoms with van der Waals surface area (Å²) in [6.45, 7) is 0. The van der Waals surface area contributed by atoms with Gasteiger partial charge in [0.15, 0.2) is 0 Å². The predicted octanol–water partition coefficient (Wildman–Crippen LogP) is 4.36. The lowest BCUT2D eigenvalue weighted by atomic mass is 10.0. The maximum atomic E-state index is 4.46. The molecule has 3 heteroatoms. The molecule has 2 aromatic heterocycles. The van der Waals surface area contributed by atoms with Gasteiger partial charge in [0.25, 0.3) is 0 Å². The van der Waals surface area contributed by atoms with E-state index in [9.17, 15) is 0 Å². The average molecular weight is 283 g/mol. The number of aromatic nitrogens is 3. The summed E-state index contributed by atoms with van der Waals surface area (Å²) in [6.07, 6.45) is 5.26. The molecule has 0 saturated heterocycles. The summed E-state index contributed by atoms with van der Waals surface area (Å²) in [5.74, 6) is 0. The lowest BCUT2D eigenvalue weighted by molar-refractivity contribution is 1.22. The van der Waals surface area contributed by atoms with Crippen LogP contribution in [0.2, 0.25) is 0 Å². The molecule has 0 aliphatic carbocycles. The summed E-state index contributed by atoms with van der Waals surface area (Å²) in [6, 6.07) is 20.4. The Labute approximate surface area is 128 Å². The number of pyridine rings is 1. The molecule has 0 atom stereocenters. The van der Waals surface area contributed by atoms with Crippen LogP contribution >= 0.6 is 0 Å². The second-order valence-corrected chi connectivity index (χ2v) is 5.06. The Balaban J connectivity index is 1.90. The van der Waals surface area contributed by atoms with Gasteiger partial charge >= 0.3 is 0 Å². The second kappa shape index (κ2) is 5.37. The fourth-order valence-electron chi connectivity index (χ4n) is 2.60. The first-order valence-corrected chi connectivity index (χ1v) is 7.12. The van der Waals surface area contributed by atoms with Crippen LogP contribution in [0.3, 0.4) is 0 Å². The van der Waals surface area contributed by atoms with Crippen molar-refractivity contribution in [2.45, 2.75) is 0 Å². The molecule has 0 bridgehead atoms. The quantitative estimate of drug-likeness (QED) is 0.548.